The molecule has 0 bridgehead atoms. The number of hydrogen-bond donors (Lipinski definition) is 2. The fourth-order valence-electron chi connectivity index (χ4n) is 3.28. The molecule has 0 aliphatic heterocycles. The van der Waals surface area contributed by atoms with Crippen molar-refractivity contribution in [2.24, 2.45) is 0 Å². The van der Waals surface area contributed by atoms with Crippen LogP contribution in [0.5, 0.6) is 0 Å². The van der Waals surface area contributed by atoms with Gasteiger partial charge in [-0.15, -0.1) is 0 Å². The molecule has 0 spiro atoms. The second-order valence-electron chi connectivity index (χ2n) is 6.83. The maximum Gasteiger partial charge on any atom is 0.260 e. The molecule has 5 aromatic rings. The van der Waals surface area contributed by atoms with Crippen molar-refractivity contribution in [1.29, 1.82) is 0 Å². The fraction of sp³-hybridized carbons (Fsp3) is 0.0909. The molecule has 8 nitrogen and oxygen atoms in total. The number of hydrogen-bond acceptors (Lipinski definition) is 5. The zero-order valence-corrected chi connectivity index (χ0v) is 15.9. The number of amides is 1. The number of carbonyl (C=O) groups excluding carboxylic acids is 1. The van der Waals surface area contributed by atoms with Crippen LogP contribution in [-0.2, 0) is 13.0 Å². The van der Waals surface area contributed by atoms with Crippen molar-refractivity contribution in [3.8, 4) is 11.5 Å². The molecule has 4 heterocycles. The van der Waals surface area contributed by atoms with Gasteiger partial charge in [-0.3, -0.25) is 19.6 Å². The minimum absolute atomic E-state index is 0.307. The average Bonchev–Trinajstić information content (AvgIpc) is 3.51. The molecule has 5 rings (SSSR count). The molecule has 8 heteroatoms. The van der Waals surface area contributed by atoms with Crippen LogP contribution in [0, 0.1) is 0 Å². The number of nitrogens with zero attached hydrogens (tertiary/aromatic N) is 4. The standard InChI is InChI=1S/C22H18N6O2/c29-22(25-20-8-12-28(27-20)11-7-15-5-9-23-10-6-15)17-14-24-26-21(17)19-13-16-3-1-2-4-18(16)30-19/h1-6,8-10,12-14H,7,11H2,(H,24,26)(H,25,27,29). The molecule has 0 saturated carbocycles. The van der Waals surface area contributed by atoms with Crippen LogP contribution in [0.25, 0.3) is 22.4 Å². The van der Waals surface area contributed by atoms with Crippen molar-refractivity contribution >= 4 is 22.7 Å². The van der Waals surface area contributed by atoms with Gasteiger partial charge in [0.2, 0.25) is 0 Å². The molecule has 4 aromatic heterocycles. The molecule has 0 atom stereocenters. The van der Waals surface area contributed by atoms with E-state index in [1.54, 1.807) is 23.1 Å². The van der Waals surface area contributed by atoms with Gasteiger partial charge in [-0.1, -0.05) is 18.2 Å². The molecular weight excluding hydrogens is 380 g/mol. The van der Waals surface area contributed by atoms with Gasteiger partial charge >= 0.3 is 0 Å². The summed E-state index contributed by atoms with van der Waals surface area (Å²) in [5.41, 5.74) is 2.85. The summed E-state index contributed by atoms with van der Waals surface area (Å²) in [4.78, 5) is 16.8. The van der Waals surface area contributed by atoms with E-state index in [4.69, 9.17) is 4.42 Å². The lowest BCUT2D eigenvalue weighted by atomic mass is 10.2. The number of rotatable bonds is 6. The number of furan rings is 1. The Bertz CT molecular complexity index is 1270. The minimum Gasteiger partial charge on any atom is -0.454 e. The lowest BCUT2D eigenvalue weighted by Gasteiger charge is -2.03. The first-order chi connectivity index (χ1) is 14.8. The van der Waals surface area contributed by atoms with Crippen LogP contribution in [-0.4, -0.2) is 30.9 Å². The Labute approximate surface area is 171 Å². The van der Waals surface area contributed by atoms with E-state index in [1.807, 2.05) is 48.7 Å². The topological polar surface area (TPSA) is 102 Å². The zero-order valence-electron chi connectivity index (χ0n) is 15.9. The van der Waals surface area contributed by atoms with Crippen molar-refractivity contribution in [1.82, 2.24) is 25.0 Å². The number of carbonyl (C=O) groups is 1. The maximum absolute atomic E-state index is 12.8. The van der Waals surface area contributed by atoms with Crippen LogP contribution < -0.4 is 5.32 Å². The Morgan fingerprint density at radius 2 is 2.00 bits per heavy atom. The number of fused-ring (bicyclic) bond motifs is 1. The first kappa shape index (κ1) is 17.9. The third-order valence-corrected chi connectivity index (χ3v) is 4.82. The number of para-hydroxylation sites is 1. The Kier molecular flexibility index (Phi) is 4.57. The van der Waals surface area contributed by atoms with E-state index in [9.17, 15) is 4.79 Å². The molecule has 30 heavy (non-hydrogen) atoms. The van der Waals surface area contributed by atoms with Crippen LogP contribution in [0.1, 0.15) is 15.9 Å². The van der Waals surface area contributed by atoms with E-state index in [0.29, 0.717) is 29.4 Å². The van der Waals surface area contributed by atoms with E-state index >= 15 is 0 Å². The number of aromatic amines is 1. The summed E-state index contributed by atoms with van der Waals surface area (Å²) in [6.07, 6.45) is 7.70. The van der Waals surface area contributed by atoms with Crippen LogP contribution in [0.15, 0.2) is 77.7 Å². The summed E-state index contributed by atoms with van der Waals surface area (Å²) in [6.45, 7) is 0.704. The Morgan fingerprint density at radius 1 is 1.13 bits per heavy atom. The summed E-state index contributed by atoms with van der Waals surface area (Å²) in [6, 6.07) is 15.3. The zero-order chi connectivity index (χ0) is 20.3. The third-order valence-electron chi connectivity index (χ3n) is 4.82. The van der Waals surface area contributed by atoms with Crippen LogP contribution in [0.4, 0.5) is 5.82 Å². The van der Waals surface area contributed by atoms with Gasteiger partial charge in [0.1, 0.15) is 11.3 Å². The molecule has 0 fully saturated rings. The number of anilines is 1. The molecule has 0 saturated heterocycles. The Hall–Kier alpha value is -4.20. The predicted octanol–water partition coefficient (Wildman–Crippen LogP) is 3.91. The third kappa shape index (κ3) is 3.58. The first-order valence-electron chi connectivity index (χ1n) is 9.52. The van der Waals surface area contributed by atoms with Crippen LogP contribution in [0.3, 0.4) is 0 Å². The number of H-pyrrole nitrogens is 1. The van der Waals surface area contributed by atoms with E-state index in [2.05, 4.69) is 25.6 Å². The van der Waals surface area contributed by atoms with Crippen LogP contribution >= 0.6 is 0 Å². The molecule has 0 aliphatic carbocycles. The molecule has 0 radical (unpaired) electrons. The molecule has 0 aliphatic rings. The number of pyridine rings is 1. The predicted molar refractivity (Wildman–Crippen MR) is 112 cm³/mol. The van der Waals surface area contributed by atoms with Gasteiger partial charge in [0.15, 0.2) is 11.6 Å². The number of nitrogens with one attached hydrogen (secondary N) is 2. The molecule has 1 amide bonds. The number of benzene rings is 1. The largest absolute Gasteiger partial charge is 0.454 e. The summed E-state index contributed by atoms with van der Waals surface area (Å²) in [5.74, 6) is 0.729. The van der Waals surface area contributed by atoms with Gasteiger partial charge in [0.25, 0.3) is 5.91 Å². The van der Waals surface area contributed by atoms with Gasteiger partial charge in [-0.05, 0) is 36.2 Å². The highest BCUT2D eigenvalue weighted by Crippen LogP contribution is 2.28. The van der Waals surface area contributed by atoms with Gasteiger partial charge in [-0.25, -0.2) is 0 Å². The highest BCUT2D eigenvalue weighted by Gasteiger charge is 2.19. The monoisotopic (exact) mass is 398 g/mol. The minimum atomic E-state index is -0.307. The Morgan fingerprint density at radius 3 is 2.87 bits per heavy atom. The molecule has 1 aromatic carbocycles. The van der Waals surface area contributed by atoms with Crippen molar-refractivity contribution in [3.63, 3.8) is 0 Å². The van der Waals surface area contributed by atoms with Gasteiger partial charge < -0.3 is 9.73 Å². The lowest BCUT2D eigenvalue weighted by Crippen LogP contribution is -2.13. The van der Waals surface area contributed by atoms with E-state index in [-0.39, 0.29) is 5.91 Å². The second kappa shape index (κ2) is 7.67. The first-order valence-corrected chi connectivity index (χ1v) is 9.52. The highest BCUT2D eigenvalue weighted by atomic mass is 16.3. The van der Waals surface area contributed by atoms with E-state index in [0.717, 1.165) is 17.4 Å². The fourth-order valence-corrected chi connectivity index (χ4v) is 3.28. The second-order valence-corrected chi connectivity index (χ2v) is 6.83. The van der Waals surface area contributed by atoms with Gasteiger partial charge in [0.05, 0.1) is 11.8 Å². The van der Waals surface area contributed by atoms with Crippen molar-refractivity contribution in [2.75, 3.05) is 5.32 Å². The lowest BCUT2D eigenvalue weighted by molar-refractivity contribution is 0.102. The number of aromatic nitrogens is 5. The quantitative estimate of drug-likeness (QED) is 0.452. The van der Waals surface area contributed by atoms with E-state index < -0.39 is 0 Å². The average molecular weight is 398 g/mol. The van der Waals surface area contributed by atoms with Crippen molar-refractivity contribution < 1.29 is 9.21 Å². The molecular formula is C22H18N6O2. The molecule has 0 unspecified atom stereocenters. The maximum atomic E-state index is 12.8. The van der Waals surface area contributed by atoms with Crippen molar-refractivity contribution in [2.45, 2.75) is 13.0 Å². The van der Waals surface area contributed by atoms with E-state index in [1.165, 1.54) is 11.8 Å². The molecule has 148 valence electrons. The number of aryl methyl sites for hydroxylation is 2. The normalized spacial score (nSPS) is 11.1. The van der Waals surface area contributed by atoms with Crippen LogP contribution in [0.2, 0.25) is 0 Å². The van der Waals surface area contributed by atoms with Gasteiger partial charge in [0, 0.05) is 36.6 Å². The SMILES string of the molecule is O=C(Nc1ccn(CCc2ccncc2)n1)c1cn[nH]c1-c1cc2ccccc2o1. The van der Waals surface area contributed by atoms with Crippen molar-refractivity contribution in [3.05, 3.63) is 84.4 Å². The summed E-state index contributed by atoms with van der Waals surface area (Å²) < 4.78 is 7.65. The Balaban J connectivity index is 1.30. The molecule has 2 N–H and O–H groups in total. The summed E-state index contributed by atoms with van der Waals surface area (Å²) >= 11 is 0. The summed E-state index contributed by atoms with van der Waals surface area (Å²) in [7, 11) is 0. The highest BCUT2D eigenvalue weighted by molar-refractivity contribution is 6.07. The smallest absolute Gasteiger partial charge is 0.260 e. The summed E-state index contributed by atoms with van der Waals surface area (Å²) in [5, 5.41) is 15.1. The van der Waals surface area contributed by atoms with Gasteiger partial charge in [-0.2, -0.15) is 10.2 Å².